The van der Waals surface area contributed by atoms with Gasteiger partial charge in [0.1, 0.15) is 19.6 Å². The molecular formula is C43H82NO5+. The number of aliphatic hydroxyl groups is 1. The Kier molecular flexibility index (Phi) is 34.0. The number of rotatable bonds is 40. The number of likely N-dealkylation sites (N-methyl/N-ethyl adjacent to an activating group) is 1. The van der Waals surface area contributed by atoms with Gasteiger partial charge in [0.25, 0.3) is 11.6 Å². The van der Waals surface area contributed by atoms with Crippen molar-refractivity contribution in [2.75, 3.05) is 33.3 Å². The summed E-state index contributed by atoms with van der Waals surface area (Å²) in [4.78, 5) is 50.6. The van der Waals surface area contributed by atoms with Gasteiger partial charge in [-0.25, -0.2) is 0 Å². The summed E-state index contributed by atoms with van der Waals surface area (Å²) in [6, 6.07) is 0. The zero-order valence-corrected chi connectivity index (χ0v) is 33.0. The predicted octanol–water partition coefficient (Wildman–Crippen LogP) is 11.2. The Balaban J connectivity index is 3.98. The minimum absolute atomic E-state index is 0.0939. The first kappa shape index (κ1) is 47.6. The van der Waals surface area contributed by atoms with Gasteiger partial charge >= 0.3 is 0 Å². The number of unbranched alkanes of at least 4 members (excludes halogenated alkanes) is 28. The molecule has 0 fully saturated rings. The van der Waals surface area contributed by atoms with Crippen molar-refractivity contribution < 1.29 is 28.8 Å². The van der Waals surface area contributed by atoms with E-state index in [2.05, 4.69) is 13.8 Å². The summed E-state index contributed by atoms with van der Waals surface area (Å²) in [5.41, 5.74) is 0. The molecule has 0 radical (unpaired) electrons. The Bertz CT molecular complexity index is 750. The van der Waals surface area contributed by atoms with Crippen molar-refractivity contribution >= 4 is 23.1 Å². The van der Waals surface area contributed by atoms with Crippen LogP contribution in [-0.4, -0.2) is 66.0 Å². The first-order chi connectivity index (χ1) is 23.8. The third-order valence-electron chi connectivity index (χ3n) is 10.3. The maximum Gasteiger partial charge on any atom is 0.252 e. The average molecular weight is 693 g/mol. The number of Topliss-reactive ketones (excluding diaryl/α,β-unsaturated/α-hetero) is 4. The second kappa shape index (κ2) is 35.0. The number of ketones is 4. The quantitative estimate of drug-likeness (QED) is 0.0392. The van der Waals surface area contributed by atoms with Crippen LogP contribution >= 0.6 is 0 Å². The highest BCUT2D eigenvalue weighted by Crippen LogP contribution is 2.16. The van der Waals surface area contributed by atoms with Crippen LogP contribution in [0.1, 0.15) is 219 Å². The lowest BCUT2D eigenvalue weighted by molar-refractivity contribution is -0.893. The van der Waals surface area contributed by atoms with Crippen molar-refractivity contribution in [3.63, 3.8) is 0 Å². The Morgan fingerprint density at radius 1 is 0.367 bits per heavy atom. The van der Waals surface area contributed by atoms with Crippen LogP contribution in [0.5, 0.6) is 0 Å². The van der Waals surface area contributed by atoms with Gasteiger partial charge in [-0.2, -0.15) is 0 Å². The summed E-state index contributed by atoms with van der Waals surface area (Å²) in [5, 5.41) is 9.60. The highest BCUT2D eigenvalue weighted by atomic mass is 16.3. The molecular weight excluding hydrogens is 610 g/mol. The van der Waals surface area contributed by atoms with Gasteiger partial charge in [0, 0.05) is 12.8 Å². The second-order valence-corrected chi connectivity index (χ2v) is 15.5. The van der Waals surface area contributed by atoms with Gasteiger partial charge in [-0.15, -0.1) is 0 Å². The molecule has 0 atom stereocenters. The fourth-order valence-electron chi connectivity index (χ4n) is 6.92. The van der Waals surface area contributed by atoms with E-state index < -0.39 is 23.1 Å². The molecule has 0 bridgehead atoms. The standard InChI is InChI=1S/C43H82NO5/c1-4-6-8-10-12-14-16-18-20-22-24-26-28-30-32-34-40(46)42(48)38-44(3,36-37-45)39-43(49)41(47)35-33-31-29-27-25-23-21-19-17-15-13-11-9-7-5-2/h45H,4-39H2,1-3H3/q+1. The average Bonchev–Trinajstić information content (AvgIpc) is 3.07. The molecule has 0 rings (SSSR count). The van der Waals surface area contributed by atoms with Gasteiger partial charge in [-0.05, 0) is 12.8 Å². The van der Waals surface area contributed by atoms with Crippen LogP contribution in [-0.2, 0) is 19.2 Å². The van der Waals surface area contributed by atoms with E-state index in [0.29, 0.717) is 12.8 Å². The van der Waals surface area contributed by atoms with Crippen LogP contribution in [0.2, 0.25) is 0 Å². The van der Waals surface area contributed by atoms with E-state index in [0.717, 1.165) is 25.7 Å². The lowest BCUT2D eigenvalue weighted by Crippen LogP contribution is -2.54. The normalized spacial score (nSPS) is 11.7. The minimum Gasteiger partial charge on any atom is -0.391 e. The highest BCUT2D eigenvalue weighted by Gasteiger charge is 2.32. The van der Waals surface area contributed by atoms with Gasteiger partial charge < -0.3 is 9.59 Å². The molecule has 0 unspecified atom stereocenters. The Morgan fingerprint density at radius 2 is 0.592 bits per heavy atom. The van der Waals surface area contributed by atoms with Crippen LogP contribution in [0.15, 0.2) is 0 Å². The van der Waals surface area contributed by atoms with Crippen molar-refractivity contribution in [2.24, 2.45) is 0 Å². The predicted molar refractivity (Wildman–Crippen MR) is 207 cm³/mol. The summed E-state index contributed by atoms with van der Waals surface area (Å²) in [6.07, 6.45) is 37.9. The summed E-state index contributed by atoms with van der Waals surface area (Å²) < 4.78 is -0.0939. The maximum atomic E-state index is 12.7. The molecule has 0 aromatic carbocycles. The lowest BCUT2D eigenvalue weighted by Gasteiger charge is -2.32. The molecule has 49 heavy (non-hydrogen) atoms. The number of quaternary nitrogens is 1. The molecule has 0 aliphatic rings. The number of carbonyl (C=O) groups excluding carboxylic acids is 4. The van der Waals surface area contributed by atoms with E-state index in [9.17, 15) is 24.3 Å². The molecule has 0 amide bonds. The number of carbonyl (C=O) groups is 4. The molecule has 6 nitrogen and oxygen atoms in total. The topological polar surface area (TPSA) is 88.5 Å². The SMILES string of the molecule is CCCCCCCCCCCCCCCCCC(=O)C(=O)C[N+](C)(CCO)CC(=O)C(=O)CCCCCCCCCCCCCCCCC. The van der Waals surface area contributed by atoms with Gasteiger partial charge in [0.2, 0.25) is 11.6 Å². The Morgan fingerprint density at radius 3 is 0.816 bits per heavy atom. The van der Waals surface area contributed by atoms with Crippen molar-refractivity contribution in [3.8, 4) is 0 Å². The van der Waals surface area contributed by atoms with Gasteiger partial charge in [0.05, 0.1) is 13.7 Å². The van der Waals surface area contributed by atoms with Crippen molar-refractivity contribution in [1.82, 2.24) is 0 Å². The maximum absolute atomic E-state index is 12.7. The molecule has 0 aromatic rings. The van der Waals surface area contributed by atoms with E-state index >= 15 is 0 Å². The fourth-order valence-corrected chi connectivity index (χ4v) is 6.92. The van der Waals surface area contributed by atoms with Gasteiger partial charge in [-0.3, -0.25) is 19.2 Å². The Hall–Kier alpha value is -1.40. The van der Waals surface area contributed by atoms with Crippen LogP contribution < -0.4 is 0 Å². The van der Waals surface area contributed by atoms with Crippen molar-refractivity contribution in [3.05, 3.63) is 0 Å². The van der Waals surface area contributed by atoms with Crippen LogP contribution in [0.25, 0.3) is 0 Å². The minimum atomic E-state index is -0.496. The molecule has 1 N–H and O–H groups in total. The van der Waals surface area contributed by atoms with E-state index in [-0.39, 0.29) is 43.6 Å². The number of nitrogens with zero attached hydrogens (tertiary/aromatic N) is 1. The molecule has 0 aliphatic heterocycles. The third-order valence-corrected chi connectivity index (χ3v) is 10.3. The highest BCUT2D eigenvalue weighted by molar-refractivity contribution is 6.38. The van der Waals surface area contributed by atoms with Crippen molar-refractivity contribution in [1.29, 1.82) is 0 Å². The van der Waals surface area contributed by atoms with Crippen LogP contribution in [0, 0.1) is 0 Å². The van der Waals surface area contributed by atoms with E-state index in [4.69, 9.17) is 0 Å². The summed E-state index contributed by atoms with van der Waals surface area (Å²) in [5.74, 6) is -1.78. The monoisotopic (exact) mass is 693 g/mol. The van der Waals surface area contributed by atoms with E-state index in [1.807, 2.05) is 0 Å². The van der Waals surface area contributed by atoms with Crippen LogP contribution in [0.3, 0.4) is 0 Å². The van der Waals surface area contributed by atoms with Gasteiger partial charge in [0.15, 0.2) is 0 Å². The number of aliphatic hydroxyl groups excluding tert-OH is 1. The first-order valence-electron chi connectivity index (χ1n) is 21.4. The Labute approximate surface area is 303 Å². The third kappa shape index (κ3) is 31.1. The largest absolute Gasteiger partial charge is 0.391 e. The molecule has 288 valence electrons. The second-order valence-electron chi connectivity index (χ2n) is 15.5. The number of hydrogen-bond donors (Lipinski definition) is 1. The van der Waals surface area contributed by atoms with E-state index in [1.165, 1.54) is 154 Å². The summed E-state index contributed by atoms with van der Waals surface area (Å²) in [7, 11) is 1.69. The molecule has 0 aliphatic carbocycles. The van der Waals surface area contributed by atoms with Crippen LogP contribution in [0.4, 0.5) is 0 Å². The number of hydrogen-bond acceptors (Lipinski definition) is 5. The molecule has 0 heterocycles. The van der Waals surface area contributed by atoms with Gasteiger partial charge in [-0.1, -0.05) is 194 Å². The summed E-state index contributed by atoms with van der Waals surface area (Å²) in [6.45, 7) is 4.19. The smallest absolute Gasteiger partial charge is 0.252 e. The van der Waals surface area contributed by atoms with E-state index in [1.54, 1.807) is 7.05 Å². The molecule has 0 saturated carbocycles. The molecule has 0 spiro atoms. The molecule has 6 heteroatoms. The first-order valence-corrected chi connectivity index (χ1v) is 21.4. The zero-order valence-electron chi connectivity index (χ0n) is 33.0. The van der Waals surface area contributed by atoms with Crippen molar-refractivity contribution in [2.45, 2.75) is 219 Å². The summed E-state index contributed by atoms with van der Waals surface area (Å²) >= 11 is 0. The molecule has 0 saturated heterocycles. The zero-order chi connectivity index (χ0) is 36.3. The fraction of sp³-hybridized carbons (Fsp3) is 0.907. The lowest BCUT2D eigenvalue weighted by atomic mass is 10.0. The molecule has 0 aromatic heterocycles.